The predicted molar refractivity (Wildman–Crippen MR) is 103 cm³/mol. The molecule has 0 aliphatic carbocycles. The van der Waals surface area contributed by atoms with Crippen molar-refractivity contribution in [1.82, 2.24) is 4.90 Å². The summed E-state index contributed by atoms with van der Waals surface area (Å²) in [7, 11) is 0. The number of hydrogen-bond donors (Lipinski definition) is 1. The van der Waals surface area contributed by atoms with Crippen LogP contribution in [0.25, 0.3) is 0 Å². The molecule has 0 aromatic heterocycles. The molecule has 1 aliphatic heterocycles. The molecule has 3 rings (SSSR count). The van der Waals surface area contributed by atoms with Crippen molar-refractivity contribution in [3.63, 3.8) is 0 Å². The average molecular weight is 368 g/mol. The van der Waals surface area contributed by atoms with Gasteiger partial charge in [0.2, 0.25) is 12.0 Å². The van der Waals surface area contributed by atoms with Crippen LogP contribution in [0.3, 0.4) is 0 Å². The van der Waals surface area contributed by atoms with Crippen LogP contribution in [-0.4, -0.2) is 42.5 Å². The van der Waals surface area contributed by atoms with E-state index < -0.39 is 6.10 Å². The molecule has 2 amide bonds. The predicted octanol–water partition coefficient (Wildman–Crippen LogP) is 3.01. The van der Waals surface area contributed by atoms with E-state index >= 15 is 0 Å². The number of amides is 2. The van der Waals surface area contributed by atoms with Gasteiger partial charge in [0.1, 0.15) is 6.61 Å². The van der Waals surface area contributed by atoms with E-state index in [1.54, 1.807) is 12.1 Å². The van der Waals surface area contributed by atoms with E-state index in [0.29, 0.717) is 18.0 Å². The van der Waals surface area contributed by atoms with Gasteiger partial charge in [0.05, 0.1) is 6.54 Å². The lowest BCUT2D eigenvalue weighted by Crippen LogP contribution is -2.49. The van der Waals surface area contributed by atoms with E-state index in [-0.39, 0.29) is 25.0 Å². The summed E-state index contributed by atoms with van der Waals surface area (Å²) >= 11 is 0. The second-order valence-corrected chi connectivity index (χ2v) is 6.49. The highest BCUT2D eigenvalue weighted by Gasteiger charge is 2.31. The van der Waals surface area contributed by atoms with Crippen LogP contribution >= 0.6 is 0 Å². The molecule has 0 saturated carbocycles. The van der Waals surface area contributed by atoms with E-state index in [1.165, 1.54) is 4.90 Å². The molecule has 1 heterocycles. The van der Waals surface area contributed by atoms with Gasteiger partial charge in [0.25, 0.3) is 5.91 Å². The lowest BCUT2D eigenvalue weighted by Gasteiger charge is -2.30. The maximum atomic E-state index is 12.9. The number of hydrogen-bond acceptors (Lipinski definition) is 4. The van der Waals surface area contributed by atoms with Gasteiger partial charge in [-0.3, -0.25) is 9.59 Å². The van der Waals surface area contributed by atoms with Crippen molar-refractivity contribution in [2.75, 3.05) is 25.0 Å². The minimum atomic E-state index is -0.752. The Kier molecular flexibility index (Phi) is 5.96. The Hall–Kier alpha value is -3.02. The fourth-order valence-electron chi connectivity index (χ4n) is 2.96. The first-order valence-corrected chi connectivity index (χ1v) is 9.11. The van der Waals surface area contributed by atoms with Crippen molar-refractivity contribution in [2.24, 2.45) is 0 Å². The van der Waals surface area contributed by atoms with Crippen LogP contribution in [-0.2, 0) is 9.59 Å². The topological polar surface area (TPSA) is 67.9 Å². The molecule has 1 N–H and O–H groups in total. The van der Waals surface area contributed by atoms with Crippen molar-refractivity contribution in [3.8, 4) is 11.5 Å². The van der Waals surface area contributed by atoms with Crippen molar-refractivity contribution in [2.45, 2.75) is 26.4 Å². The Balaban J connectivity index is 1.65. The molecule has 2 aromatic rings. The summed E-state index contributed by atoms with van der Waals surface area (Å²) in [4.78, 5) is 26.9. The van der Waals surface area contributed by atoms with Crippen LogP contribution < -0.4 is 14.8 Å². The minimum absolute atomic E-state index is 0.0253. The molecule has 0 fully saturated rings. The van der Waals surface area contributed by atoms with Gasteiger partial charge in [-0.2, -0.15) is 0 Å². The highest BCUT2D eigenvalue weighted by atomic mass is 16.6. The monoisotopic (exact) mass is 368 g/mol. The van der Waals surface area contributed by atoms with Crippen molar-refractivity contribution in [3.05, 3.63) is 54.1 Å². The van der Waals surface area contributed by atoms with Crippen molar-refractivity contribution < 1.29 is 19.1 Å². The number of aryl methyl sites for hydroxylation is 1. The van der Waals surface area contributed by atoms with E-state index in [1.807, 2.05) is 50.2 Å². The van der Waals surface area contributed by atoms with Crippen LogP contribution in [0.4, 0.5) is 5.69 Å². The second kappa shape index (κ2) is 8.58. The van der Waals surface area contributed by atoms with Crippen LogP contribution in [0, 0.1) is 6.92 Å². The van der Waals surface area contributed by atoms with Gasteiger partial charge in [0, 0.05) is 12.2 Å². The summed E-state index contributed by atoms with van der Waals surface area (Å²) in [5.41, 5.74) is 1.72. The number of ether oxygens (including phenoxy) is 2. The largest absolute Gasteiger partial charge is 0.485 e. The SMILES string of the molecule is CCCN(CC(=O)Nc1ccccc1C)C(=O)C1COc2ccccc2O1. The number of para-hydroxylation sites is 3. The van der Waals surface area contributed by atoms with Gasteiger partial charge in [-0.15, -0.1) is 0 Å². The van der Waals surface area contributed by atoms with Crippen LogP contribution in [0.5, 0.6) is 11.5 Å². The third kappa shape index (κ3) is 4.58. The molecule has 1 aliphatic rings. The van der Waals surface area contributed by atoms with Gasteiger partial charge in [-0.1, -0.05) is 37.3 Å². The summed E-state index contributed by atoms with van der Waals surface area (Å²) in [6.07, 6.45) is -0.00852. The Labute approximate surface area is 159 Å². The molecular weight excluding hydrogens is 344 g/mol. The molecule has 0 spiro atoms. The van der Waals surface area contributed by atoms with Gasteiger partial charge in [0.15, 0.2) is 11.5 Å². The van der Waals surface area contributed by atoms with E-state index in [4.69, 9.17) is 9.47 Å². The molecule has 0 bridgehead atoms. The minimum Gasteiger partial charge on any atom is -0.485 e. The maximum absolute atomic E-state index is 12.9. The molecule has 142 valence electrons. The summed E-state index contributed by atoms with van der Waals surface area (Å²) in [6.45, 7) is 4.47. The van der Waals surface area contributed by atoms with E-state index in [9.17, 15) is 9.59 Å². The highest BCUT2D eigenvalue weighted by Crippen LogP contribution is 2.31. The van der Waals surface area contributed by atoms with E-state index in [0.717, 1.165) is 17.7 Å². The summed E-state index contributed by atoms with van der Waals surface area (Å²) in [6, 6.07) is 14.8. The molecule has 27 heavy (non-hydrogen) atoms. The third-order valence-electron chi connectivity index (χ3n) is 4.34. The first kappa shape index (κ1) is 18.8. The fraction of sp³-hybridized carbons (Fsp3) is 0.333. The normalized spacial score (nSPS) is 15.1. The smallest absolute Gasteiger partial charge is 0.267 e. The average Bonchev–Trinajstić information content (AvgIpc) is 2.68. The lowest BCUT2D eigenvalue weighted by molar-refractivity contribution is -0.143. The number of fused-ring (bicyclic) bond motifs is 1. The van der Waals surface area contributed by atoms with Crippen molar-refractivity contribution >= 4 is 17.5 Å². The zero-order valence-electron chi connectivity index (χ0n) is 15.6. The number of anilines is 1. The fourth-order valence-corrected chi connectivity index (χ4v) is 2.96. The molecule has 6 heteroatoms. The van der Waals surface area contributed by atoms with Crippen LogP contribution in [0.1, 0.15) is 18.9 Å². The lowest BCUT2D eigenvalue weighted by atomic mass is 10.2. The number of carbonyl (C=O) groups excluding carboxylic acids is 2. The molecule has 1 unspecified atom stereocenters. The zero-order chi connectivity index (χ0) is 19.2. The molecule has 0 radical (unpaired) electrons. The number of benzene rings is 2. The van der Waals surface area contributed by atoms with Crippen molar-refractivity contribution in [1.29, 1.82) is 0 Å². The van der Waals surface area contributed by atoms with Gasteiger partial charge in [-0.25, -0.2) is 0 Å². The molecule has 6 nitrogen and oxygen atoms in total. The summed E-state index contributed by atoms with van der Waals surface area (Å²) < 4.78 is 11.4. The Bertz CT molecular complexity index is 821. The molecule has 0 saturated heterocycles. The highest BCUT2D eigenvalue weighted by molar-refractivity contribution is 5.95. The Morgan fingerprint density at radius 2 is 1.81 bits per heavy atom. The summed E-state index contributed by atoms with van der Waals surface area (Å²) in [5, 5.41) is 2.87. The molecule has 2 aromatic carbocycles. The maximum Gasteiger partial charge on any atom is 0.267 e. The summed E-state index contributed by atoms with van der Waals surface area (Å²) in [5.74, 6) is 0.693. The number of nitrogens with one attached hydrogen (secondary N) is 1. The van der Waals surface area contributed by atoms with Crippen LogP contribution in [0.2, 0.25) is 0 Å². The van der Waals surface area contributed by atoms with Gasteiger partial charge < -0.3 is 19.7 Å². The number of rotatable bonds is 6. The van der Waals surface area contributed by atoms with Gasteiger partial charge in [-0.05, 0) is 37.1 Å². The first-order valence-electron chi connectivity index (χ1n) is 9.11. The second-order valence-electron chi connectivity index (χ2n) is 6.49. The number of carbonyl (C=O) groups is 2. The Morgan fingerprint density at radius 3 is 2.56 bits per heavy atom. The standard InChI is InChI=1S/C21H24N2O4/c1-3-12-23(13-20(24)22-16-9-5-4-8-15(16)2)21(25)19-14-26-17-10-6-7-11-18(17)27-19/h4-11,19H,3,12-14H2,1-2H3,(H,22,24). The first-order chi connectivity index (χ1) is 13.1. The zero-order valence-corrected chi connectivity index (χ0v) is 15.6. The molecule has 1 atom stereocenters. The van der Waals surface area contributed by atoms with Gasteiger partial charge >= 0.3 is 0 Å². The van der Waals surface area contributed by atoms with Crippen LogP contribution in [0.15, 0.2) is 48.5 Å². The quantitative estimate of drug-likeness (QED) is 0.851. The third-order valence-corrected chi connectivity index (χ3v) is 4.34. The molecular formula is C21H24N2O4. The van der Waals surface area contributed by atoms with E-state index in [2.05, 4.69) is 5.32 Å². The number of nitrogens with zero attached hydrogens (tertiary/aromatic N) is 1. The Morgan fingerprint density at radius 1 is 1.11 bits per heavy atom.